The first-order valence-corrected chi connectivity index (χ1v) is 8.55. The van der Waals surface area contributed by atoms with Gasteiger partial charge in [0.25, 0.3) is 0 Å². The van der Waals surface area contributed by atoms with Crippen LogP contribution >= 0.6 is 0 Å². The molecule has 2 N–H and O–H groups in total. The molecule has 124 valence electrons. The Hall–Kier alpha value is -2.68. The van der Waals surface area contributed by atoms with E-state index in [9.17, 15) is 10.2 Å². The van der Waals surface area contributed by atoms with Gasteiger partial charge in [0.2, 0.25) is 0 Å². The highest BCUT2D eigenvalue weighted by Gasteiger charge is 2.18. The van der Waals surface area contributed by atoms with Crippen LogP contribution in [-0.2, 0) is 0 Å². The number of fused-ring (bicyclic) bond motifs is 2. The summed E-state index contributed by atoms with van der Waals surface area (Å²) in [7, 11) is 0. The van der Waals surface area contributed by atoms with Gasteiger partial charge < -0.3 is 10.2 Å². The third kappa shape index (κ3) is 3.02. The maximum absolute atomic E-state index is 10.8. The van der Waals surface area contributed by atoms with Crippen LogP contribution in [0.25, 0.3) is 21.5 Å². The van der Waals surface area contributed by atoms with Gasteiger partial charge in [-0.2, -0.15) is 0 Å². The molecule has 0 saturated heterocycles. The second-order valence-corrected chi connectivity index (χ2v) is 6.40. The van der Waals surface area contributed by atoms with Crippen LogP contribution in [0, 0.1) is 0 Å². The molecule has 2 nitrogen and oxygen atoms in total. The predicted molar refractivity (Wildman–Crippen MR) is 102 cm³/mol. The maximum Gasteiger partial charge on any atom is 0.0824 e. The third-order valence-corrected chi connectivity index (χ3v) is 4.81. The van der Waals surface area contributed by atoms with E-state index in [1.165, 1.54) is 0 Å². The van der Waals surface area contributed by atoms with E-state index in [4.69, 9.17) is 0 Å². The molecule has 0 saturated carbocycles. The van der Waals surface area contributed by atoms with Gasteiger partial charge in [0.15, 0.2) is 0 Å². The van der Waals surface area contributed by atoms with Gasteiger partial charge in [-0.15, -0.1) is 0 Å². The molecule has 0 spiro atoms. The SMILES string of the molecule is O[C@@H](C[C@H](O)c1cccc2ccccc12)c1cccc2ccccc12. The standard InChI is InChI=1S/C23H20O2/c24-22(20-13-5-9-16-7-1-3-11-18(16)20)15-23(25)21-14-6-10-17-8-2-4-12-19(17)21/h1-14,22-25H,15H2/t22-,23-/m0/s1. The number of aliphatic hydroxyl groups excluding tert-OH is 2. The Labute approximate surface area is 147 Å². The highest BCUT2D eigenvalue weighted by molar-refractivity contribution is 5.87. The number of aliphatic hydroxyl groups is 2. The lowest BCUT2D eigenvalue weighted by Crippen LogP contribution is -2.06. The molecule has 0 aliphatic heterocycles. The van der Waals surface area contributed by atoms with Crippen LogP contribution in [0.1, 0.15) is 29.8 Å². The molecular formula is C23H20O2. The zero-order chi connectivity index (χ0) is 17.2. The van der Waals surface area contributed by atoms with Gasteiger partial charge in [0, 0.05) is 6.42 Å². The highest BCUT2D eigenvalue weighted by atomic mass is 16.3. The molecule has 25 heavy (non-hydrogen) atoms. The summed E-state index contributed by atoms with van der Waals surface area (Å²) >= 11 is 0. The van der Waals surface area contributed by atoms with Crippen molar-refractivity contribution in [3.05, 3.63) is 96.1 Å². The fraction of sp³-hybridized carbons (Fsp3) is 0.130. The van der Waals surface area contributed by atoms with Crippen LogP contribution in [0.5, 0.6) is 0 Å². The minimum atomic E-state index is -0.722. The van der Waals surface area contributed by atoms with Crippen LogP contribution in [-0.4, -0.2) is 10.2 Å². The Kier molecular flexibility index (Phi) is 4.22. The zero-order valence-corrected chi connectivity index (χ0v) is 13.8. The molecule has 0 bridgehead atoms. The number of benzene rings is 4. The lowest BCUT2D eigenvalue weighted by Gasteiger charge is -2.19. The van der Waals surface area contributed by atoms with Gasteiger partial charge in [-0.05, 0) is 32.7 Å². The van der Waals surface area contributed by atoms with Gasteiger partial charge in [0.1, 0.15) is 0 Å². The fourth-order valence-electron chi connectivity index (χ4n) is 3.55. The molecule has 0 unspecified atom stereocenters. The third-order valence-electron chi connectivity index (χ3n) is 4.81. The second-order valence-electron chi connectivity index (χ2n) is 6.40. The van der Waals surface area contributed by atoms with Crippen molar-refractivity contribution in [1.29, 1.82) is 0 Å². The van der Waals surface area contributed by atoms with Gasteiger partial charge in [-0.25, -0.2) is 0 Å². The van der Waals surface area contributed by atoms with E-state index in [0.29, 0.717) is 0 Å². The molecule has 0 aromatic heterocycles. The smallest absolute Gasteiger partial charge is 0.0824 e. The summed E-state index contributed by atoms with van der Waals surface area (Å²) in [5.41, 5.74) is 1.72. The topological polar surface area (TPSA) is 40.5 Å². The Morgan fingerprint density at radius 1 is 0.520 bits per heavy atom. The quantitative estimate of drug-likeness (QED) is 0.544. The van der Waals surface area contributed by atoms with Crippen LogP contribution in [0.15, 0.2) is 84.9 Å². The normalized spacial score (nSPS) is 13.8. The molecule has 0 aliphatic carbocycles. The van der Waals surface area contributed by atoms with Crippen LogP contribution in [0.3, 0.4) is 0 Å². The van der Waals surface area contributed by atoms with E-state index in [-0.39, 0.29) is 6.42 Å². The first kappa shape index (κ1) is 15.8. The largest absolute Gasteiger partial charge is 0.388 e. The van der Waals surface area contributed by atoms with Crippen LogP contribution in [0.2, 0.25) is 0 Å². The van der Waals surface area contributed by atoms with E-state index >= 15 is 0 Å². The average Bonchev–Trinajstić information content (AvgIpc) is 2.67. The minimum absolute atomic E-state index is 0.266. The summed E-state index contributed by atoms with van der Waals surface area (Å²) in [6.45, 7) is 0. The summed E-state index contributed by atoms with van der Waals surface area (Å²) in [6.07, 6.45) is -1.18. The van der Waals surface area contributed by atoms with E-state index in [2.05, 4.69) is 0 Å². The maximum atomic E-state index is 10.8. The van der Waals surface area contributed by atoms with E-state index in [1.54, 1.807) is 0 Å². The predicted octanol–water partition coefficient (Wildman–Crippen LogP) is 5.15. The first-order valence-electron chi connectivity index (χ1n) is 8.55. The van der Waals surface area contributed by atoms with Gasteiger partial charge in [-0.3, -0.25) is 0 Å². The van der Waals surface area contributed by atoms with Crippen LogP contribution in [0.4, 0.5) is 0 Å². The molecule has 0 radical (unpaired) electrons. The second kappa shape index (κ2) is 6.67. The number of hydrogen-bond acceptors (Lipinski definition) is 2. The van der Waals surface area contributed by atoms with Crippen molar-refractivity contribution >= 4 is 21.5 Å². The van der Waals surface area contributed by atoms with Crippen molar-refractivity contribution in [3.8, 4) is 0 Å². The summed E-state index contributed by atoms with van der Waals surface area (Å²) < 4.78 is 0. The van der Waals surface area contributed by atoms with Crippen molar-refractivity contribution in [2.75, 3.05) is 0 Å². The molecule has 2 atom stereocenters. The Morgan fingerprint density at radius 2 is 0.920 bits per heavy atom. The molecular weight excluding hydrogens is 308 g/mol. The monoisotopic (exact) mass is 328 g/mol. The minimum Gasteiger partial charge on any atom is -0.388 e. The molecule has 0 amide bonds. The van der Waals surface area contributed by atoms with Gasteiger partial charge in [0.05, 0.1) is 12.2 Å². The van der Waals surface area contributed by atoms with Crippen molar-refractivity contribution in [2.24, 2.45) is 0 Å². The molecule has 4 rings (SSSR count). The van der Waals surface area contributed by atoms with Crippen molar-refractivity contribution in [1.82, 2.24) is 0 Å². The van der Waals surface area contributed by atoms with Gasteiger partial charge >= 0.3 is 0 Å². The van der Waals surface area contributed by atoms with Crippen LogP contribution < -0.4 is 0 Å². The molecule has 0 aliphatic rings. The van der Waals surface area contributed by atoms with Crippen molar-refractivity contribution < 1.29 is 10.2 Å². The summed E-state index contributed by atoms with van der Waals surface area (Å²) in [5, 5.41) is 25.8. The van der Waals surface area contributed by atoms with Crippen molar-refractivity contribution in [2.45, 2.75) is 18.6 Å². The van der Waals surface area contributed by atoms with E-state index in [0.717, 1.165) is 32.7 Å². The zero-order valence-electron chi connectivity index (χ0n) is 13.8. The Morgan fingerprint density at radius 3 is 1.40 bits per heavy atom. The lowest BCUT2D eigenvalue weighted by atomic mass is 9.93. The molecule has 0 heterocycles. The summed E-state index contributed by atoms with van der Waals surface area (Å²) in [4.78, 5) is 0. The Balaban J connectivity index is 1.66. The first-order chi connectivity index (χ1) is 12.2. The van der Waals surface area contributed by atoms with Crippen molar-refractivity contribution in [3.63, 3.8) is 0 Å². The number of rotatable bonds is 4. The summed E-state index contributed by atoms with van der Waals surface area (Å²) in [6, 6.07) is 27.9. The molecule has 2 heteroatoms. The average molecular weight is 328 g/mol. The Bertz CT molecular complexity index is 929. The highest BCUT2D eigenvalue weighted by Crippen LogP contribution is 2.33. The number of hydrogen-bond donors (Lipinski definition) is 2. The van der Waals surface area contributed by atoms with E-state index in [1.807, 2.05) is 84.9 Å². The molecule has 4 aromatic rings. The summed E-state index contributed by atoms with van der Waals surface area (Å²) in [5.74, 6) is 0. The lowest BCUT2D eigenvalue weighted by molar-refractivity contribution is 0.0820. The molecule has 4 aromatic carbocycles. The van der Waals surface area contributed by atoms with E-state index < -0.39 is 12.2 Å². The van der Waals surface area contributed by atoms with Gasteiger partial charge in [-0.1, -0.05) is 84.9 Å². The fourth-order valence-corrected chi connectivity index (χ4v) is 3.55. The molecule has 0 fully saturated rings.